The molecule has 0 fully saturated rings. The van der Waals surface area contributed by atoms with Crippen molar-refractivity contribution >= 4 is 32.6 Å². The van der Waals surface area contributed by atoms with Gasteiger partial charge in [0.05, 0.1) is 22.9 Å². The van der Waals surface area contributed by atoms with E-state index in [1.54, 1.807) is 12.1 Å². The SMILES string of the molecule is O=[N+]([O-])c1cccc(CSC2=NCCN2S(=O)(=O)c2ccc(F)cc2)c1. The van der Waals surface area contributed by atoms with E-state index < -0.39 is 20.8 Å². The number of halogens is 1. The van der Waals surface area contributed by atoms with Gasteiger partial charge in [0, 0.05) is 17.9 Å². The van der Waals surface area contributed by atoms with Crippen molar-refractivity contribution in [2.24, 2.45) is 4.99 Å². The van der Waals surface area contributed by atoms with Crippen LogP contribution < -0.4 is 0 Å². The lowest BCUT2D eigenvalue weighted by atomic mass is 10.2. The zero-order valence-electron chi connectivity index (χ0n) is 13.4. The van der Waals surface area contributed by atoms with E-state index in [1.165, 1.54) is 40.3 Å². The highest BCUT2D eigenvalue weighted by molar-refractivity contribution is 8.14. The average molecular weight is 395 g/mol. The molecular formula is C16H14FN3O4S2. The Morgan fingerprint density at radius 2 is 1.96 bits per heavy atom. The molecule has 0 N–H and O–H groups in total. The largest absolute Gasteiger partial charge is 0.269 e. The quantitative estimate of drug-likeness (QED) is 0.573. The topological polar surface area (TPSA) is 92.9 Å². The van der Waals surface area contributed by atoms with E-state index in [-0.39, 0.29) is 17.1 Å². The first-order valence-corrected chi connectivity index (χ1v) is 9.99. The van der Waals surface area contributed by atoms with Crippen LogP contribution in [0.2, 0.25) is 0 Å². The lowest BCUT2D eigenvalue weighted by Crippen LogP contribution is -2.32. The molecule has 0 radical (unpaired) electrons. The van der Waals surface area contributed by atoms with Gasteiger partial charge in [-0.15, -0.1) is 0 Å². The number of nitrogens with zero attached hydrogens (tertiary/aromatic N) is 3. The van der Waals surface area contributed by atoms with Gasteiger partial charge in [-0.2, -0.15) is 0 Å². The van der Waals surface area contributed by atoms with Crippen LogP contribution in [-0.2, 0) is 15.8 Å². The summed E-state index contributed by atoms with van der Waals surface area (Å²) in [6, 6.07) is 10.8. The zero-order chi connectivity index (χ0) is 18.7. The Morgan fingerprint density at radius 1 is 1.23 bits per heavy atom. The lowest BCUT2D eigenvalue weighted by molar-refractivity contribution is -0.384. The summed E-state index contributed by atoms with van der Waals surface area (Å²) in [5, 5.41) is 11.2. The van der Waals surface area contributed by atoms with E-state index in [0.29, 0.717) is 23.0 Å². The van der Waals surface area contributed by atoms with Crippen LogP contribution in [0.25, 0.3) is 0 Å². The third-order valence-electron chi connectivity index (χ3n) is 3.65. The van der Waals surface area contributed by atoms with Crippen molar-refractivity contribution in [2.45, 2.75) is 10.6 Å². The molecule has 0 saturated carbocycles. The Morgan fingerprint density at radius 3 is 2.65 bits per heavy atom. The predicted molar refractivity (Wildman–Crippen MR) is 97.0 cm³/mol. The van der Waals surface area contributed by atoms with Crippen LogP contribution in [-0.4, -0.2) is 35.9 Å². The number of sulfonamides is 1. The molecule has 136 valence electrons. The lowest BCUT2D eigenvalue weighted by Gasteiger charge is -2.19. The van der Waals surface area contributed by atoms with E-state index >= 15 is 0 Å². The molecule has 3 rings (SSSR count). The summed E-state index contributed by atoms with van der Waals surface area (Å²) >= 11 is 1.19. The van der Waals surface area contributed by atoms with Gasteiger partial charge in [0.2, 0.25) is 0 Å². The second-order valence-electron chi connectivity index (χ2n) is 5.41. The Labute approximate surface area is 153 Å². The smallest absolute Gasteiger partial charge is 0.260 e. The van der Waals surface area contributed by atoms with Crippen LogP contribution in [0.1, 0.15) is 5.56 Å². The van der Waals surface area contributed by atoms with E-state index in [4.69, 9.17) is 0 Å². The van der Waals surface area contributed by atoms with Gasteiger partial charge < -0.3 is 0 Å². The highest BCUT2D eigenvalue weighted by Gasteiger charge is 2.30. The second kappa shape index (κ2) is 7.42. The molecule has 10 heteroatoms. The first-order chi connectivity index (χ1) is 12.4. The molecule has 0 bridgehead atoms. The fourth-order valence-electron chi connectivity index (χ4n) is 2.39. The number of aliphatic imine (C=N–C) groups is 1. The van der Waals surface area contributed by atoms with Gasteiger partial charge in [-0.1, -0.05) is 23.9 Å². The van der Waals surface area contributed by atoms with Gasteiger partial charge in [-0.25, -0.2) is 17.1 Å². The van der Waals surface area contributed by atoms with Crippen LogP contribution in [0.3, 0.4) is 0 Å². The van der Waals surface area contributed by atoms with Gasteiger partial charge >= 0.3 is 0 Å². The number of nitro groups is 1. The maximum absolute atomic E-state index is 13.0. The number of hydrogen-bond acceptors (Lipinski definition) is 6. The molecule has 1 aliphatic rings. The van der Waals surface area contributed by atoms with E-state index in [9.17, 15) is 22.9 Å². The molecule has 0 atom stereocenters. The van der Waals surface area contributed by atoms with Gasteiger partial charge in [-0.05, 0) is 29.8 Å². The summed E-state index contributed by atoms with van der Waals surface area (Å²) in [6.45, 7) is 0.536. The highest BCUT2D eigenvalue weighted by atomic mass is 32.2. The number of nitro benzene ring substituents is 1. The molecule has 2 aromatic rings. The Hall–Kier alpha value is -2.46. The molecule has 26 heavy (non-hydrogen) atoms. The molecule has 0 aliphatic carbocycles. The number of hydrogen-bond donors (Lipinski definition) is 0. The summed E-state index contributed by atoms with van der Waals surface area (Å²) < 4.78 is 39.7. The van der Waals surface area contributed by atoms with Crippen molar-refractivity contribution in [1.82, 2.24) is 4.31 Å². The minimum absolute atomic E-state index is 0.00977. The summed E-state index contributed by atoms with van der Waals surface area (Å²) in [5.41, 5.74) is 0.671. The maximum atomic E-state index is 13.0. The summed E-state index contributed by atoms with van der Waals surface area (Å²) in [5.74, 6) is -0.171. The van der Waals surface area contributed by atoms with Crippen molar-refractivity contribution in [3.8, 4) is 0 Å². The monoisotopic (exact) mass is 395 g/mol. The first-order valence-electron chi connectivity index (χ1n) is 7.57. The molecule has 0 saturated heterocycles. The van der Waals surface area contributed by atoms with Gasteiger partial charge in [0.15, 0.2) is 5.17 Å². The minimum atomic E-state index is -3.82. The van der Waals surface area contributed by atoms with E-state index in [2.05, 4.69) is 4.99 Å². The Bertz CT molecular complexity index is 962. The van der Waals surface area contributed by atoms with Crippen LogP contribution in [0.5, 0.6) is 0 Å². The molecule has 1 aliphatic heterocycles. The molecule has 0 aromatic heterocycles. The number of non-ortho nitro benzene ring substituents is 1. The molecule has 0 spiro atoms. The van der Waals surface area contributed by atoms with Gasteiger partial charge in [-0.3, -0.25) is 15.1 Å². The predicted octanol–water partition coefficient (Wildman–Crippen LogP) is 3.03. The summed E-state index contributed by atoms with van der Waals surface area (Å²) in [6.07, 6.45) is 0. The fourth-order valence-corrected chi connectivity index (χ4v) is 5.06. The number of amidine groups is 1. The van der Waals surface area contributed by atoms with Crippen LogP contribution in [0.15, 0.2) is 58.4 Å². The number of thioether (sulfide) groups is 1. The minimum Gasteiger partial charge on any atom is -0.260 e. The van der Waals surface area contributed by atoms with Crippen LogP contribution in [0, 0.1) is 15.9 Å². The summed E-state index contributed by atoms with van der Waals surface area (Å²) in [7, 11) is -3.82. The van der Waals surface area contributed by atoms with Crippen molar-refractivity contribution in [3.63, 3.8) is 0 Å². The van der Waals surface area contributed by atoms with Crippen molar-refractivity contribution in [2.75, 3.05) is 13.1 Å². The van der Waals surface area contributed by atoms with Crippen LogP contribution in [0.4, 0.5) is 10.1 Å². The second-order valence-corrected chi connectivity index (χ2v) is 8.22. The van der Waals surface area contributed by atoms with E-state index in [0.717, 1.165) is 12.1 Å². The molecule has 0 unspecified atom stereocenters. The molecule has 1 heterocycles. The van der Waals surface area contributed by atoms with Gasteiger partial charge in [0.1, 0.15) is 5.82 Å². The van der Waals surface area contributed by atoms with Gasteiger partial charge in [0.25, 0.3) is 15.7 Å². The van der Waals surface area contributed by atoms with Crippen LogP contribution >= 0.6 is 11.8 Å². The molecule has 7 nitrogen and oxygen atoms in total. The third kappa shape index (κ3) is 3.86. The molecule has 2 aromatic carbocycles. The first kappa shape index (κ1) is 18.3. The Balaban J connectivity index is 1.75. The third-order valence-corrected chi connectivity index (χ3v) is 6.66. The van der Waals surface area contributed by atoms with E-state index in [1.807, 2.05) is 0 Å². The van der Waals surface area contributed by atoms with Crippen molar-refractivity contribution < 1.29 is 17.7 Å². The Kier molecular flexibility index (Phi) is 5.23. The highest BCUT2D eigenvalue weighted by Crippen LogP contribution is 2.26. The number of rotatable bonds is 5. The summed E-state index contributed by atoms with van der Waals surface area (Å²) in [4.78, 5) is 14.6. The maximum Gasteiger partial charge on any atom is 0.269 e. The number of benzene rings is 2. The zero-order valence-corrected chi connectivity index (χ0v) is 15.0. The average Bonchev–Trinajstić information content (AvgIpc) is 3.10. The fraction of sp³-hybridized carbons (Fsp3) is 0.188. The normalized spacial score (nSPS) is 14.3. The standard InChI is InChI=1S/C16H14FN3O4S2/c17-13-4-6-15(7-5-13)26(23,24)19-9-8-18-16(19)25-11-12-2-1-3-14(10-12)20(21)22/h1-7,10H,8-9,11H2. The van der Waals surface area contributed by atoms with Crippen molar-refractivity contribution in [1.29, 1.82) is 0 Å². The molecular weight excluding hydrogens is 381 g/mol. The molecule has 0 amide bonds. The van der Waals surface area contributed by atoms with Crippen molar-refractivity contribution in [3.05, 3.63) is 70.0 Å².